The average molecular weight is 617 g/mol. The first-order chi connectivity index (χ1) is 23.5. The summed E-state index contributed by atoms with van der Waals surface area (Å²) in [5, 5.41) is 5.05. The summed E-state index contributed by atoms with van der Waals surface area (Å²) in [7, 11) is 0. The first-order valence-electron chi connectivity index (χ1n) is 16.8. The fourth-order valence-electron chi connectivity index (χ4n) is 7.65. The lowest BCUT2D eigenvalue weighted by atomic mass is 9.75. The highest BCUT2D eigenvalue weighted by Crippen LogP contribution is 2.42. The quantitative estimate of drug-likeness (QED) is 0.187. The minimum absolute atomic E-state index is 0.125. The second-order valence-electron chi connectivity index (χ2n) is 13.5. The summed E-state index contributed by atoms with van der Waals surface area (Å²) in [6, 6.07) is 49.0. The Labute approximate surface area is 281 Å². The number of fused-ring (bicyclic) bond motifs is 7. The standard InChI is InChI=1S/C46H36N2/c1-31-15-7-4-8-16-34-29-40-39-28-33(24-26-44(39)48(36-19-11-6-12-20-36)45(40)30-41(34)46(31,2)3)32-23-25-43-38(27-32)37-21-13-14-22-42(37)47(43)35-17-9-5-10-18-35/h4-30H,1-3H3/b7-4-,16-8+,31-15+. The van der Waals surface area contributed by atoms with Crippen LogP contribution in [-0.2, 0) is 5.41 Å². The van der Waals surface area contributed by atoms with Gasteiger partial charge in [0.1, 0.15) is 0 Å². The third-order valence-corrected chi connectivity index (χ3v) is 10.5. The van der Waals surface area contributed by atoms with E-state index in [0.717, 1.165) is 0 Å². The van der Waals surface area contributed by atoms with Gasteiger partial charge in [-0.15, -0.1) is 0 Å². The van der Waals surface area contributed by atoms with Gasteiger partial charge in [0.25, 0.3) is 0 Å². The zero-order chi connectivity index (χ0) is 32.4. The van der Waals surface area contributed by atoms with Crippen LogP contribution in [0, 0.1) is 0 Å². The molecule has 0 bridgehead atoms. The topological polar surface area (TPSA) is 9.86 Å². The first-order valence-corrected chi connectivity index (χ1v) is 16.8. The summed E-state index contributed by atoms with van der Waals surface area (Å²) in [6.45, 7) is 6.93. The summed E-state index contributed by atoms with van der Waals surface area (Å²) in [6.07, 6.45) is 11.0. The third-order valence-electron chi connectivity index (χ3n) is 10.5. The average Bonchev–Trinajstić information content (AvgIpc) is 3.64. The molecule has 2 heterocycles. The van der Waals surface area contributed by atoms with Crippen molar-refractivity contribution in [3.8, 4) is 22.5 Å². The Morgan fingerprint density at radius 3 is 1.67 bits per heavy atom. The van der Waals surface area contributed by atoms with E-state index >= 15 is 0 Å². The van der Waals surface area contributed by atoms with E-state index in [0.29, 0.717) is 0 Å². The molecule has 2 aromatic heterocycles. The Hall–Kier alpha value is -5.86. The maximum Gasteiger partial charge on any atom is 0.0544 e. The van der Waals surface area contributed by atoms with E-state index in [4.69, 9.17) is 0 Å². The smallest absolute Gasteiger partial charge is 0.0544 e. The normalized spacial score (nSPS) is 16.7. The molecular weight excluding hydrogens is 581 g/mol. The van der Waals surface area contributed by atoms with Crippen LogP contribution in [0.1, 0.15) is 31.9 Å². The number of hydrogen-bond donors (Lipinski definition) is 0. The molecule has 0 fully saturated rings. The minimum Gasteiger partial charge on any atom is -0.309 e. The number of benzene rings is 6. The van der Waals surface area contributed by atoms with E-state index in [1.807, 2.05) is 0 Å². The first kappa shape index (κ1) is 28.4. The lowest BCUT2D eigenvalue weighted by molar-refractivity contribution is 0.623. The molecule has 0 aliphatic heterocycles. The highest BCUT2D eigenvalue weighted by Gasteiger charge is 2.27. The summed E-state index contributed by atoms with van der Waals surface area (Å²) < 4.78 is 4.82. The molecule has 2 nitrogen and oxygen atoms in total. The molecular formula is C46H36N2. The Morgan fingerprint density at radius 2 is 1.00 bits per heavy atom. The van der Waals surface area contributed by atoms with E-state index in [1.54, 1.807) is 0 Å². The highest BCUT2D eigenvalue weighted by atomic mass is 15.0. The molecule has 8 aromatic rings. The SMILES string of the molecule is C\C1=C/C=C\C=C\c2cc3c4cc(-c5ccc6c(c5)c5ccccc5n6-c5ccccc5)ccc4n(-c4ccccc4)c3cc2C1(C)C. The van der Waals surface area contributed by atoms with Crippen LogP contribution in [0.3, 0.4) is 0 Å². The van der Waals surface area contributed by atoms with Crippen LogP contribution in [0.4, 0.5) is 0 Å². The van der Waals surface area contributed by atoms with Crippen molar-refractivity contribution in [2.75, 3.05) is 0 Å². The zero-order valence-corrected chi connectivity index (χ0v) is 27.5. The van der Waals surface area contributed by atoms with Crippen LogP contribution in [0.5, 0.6) is 0 Å². The Kier molecular flexibility index (Phi) is 6.42. The van der Waals surface area contributed by atoms with Gasteiger partial charge in [0.15, 0.2) is 0 Å². The summed E-state index contributed by atoms with van der Waals surface area (Å²) in [5.74, 6) is 0. The van der Waals surface area contributed by atoms with Gasteiger partial charge in [0.2, 0.25) is 0 Å². The minimum atomic E-state index is -0.125. The van der Waals surface area contributed by atoms with Gasteiger partial charge in [-0.2, -0.15) is 0 Å². The predicted octanol–water partition coefficient (Wildman–Crippen LogP) is 12.4. The summed E-state index contributed by atoms with van der Waals surface area (Å²) >= 11 is 0. The second kappa shape index (κ2) is 10.9. The number of nitrogens with zero attached hydrogens (tertiary/aromatic N) is 2. The van der Waals surface area contributed by atoms with E-state index in [1.165, 1.54) is 82.8 Å². The second-order valence-corrected chi connectivity index (χ2v) is 13.5. The number of para-hydroxylation sites is 3. The van der Waals surface area contributed by atoms with Crippen LogP contribution in [-0.4, -0.2) is 9.13 Å². The van der Waals surface area contributed by atoms with Gasteiger partial charge in [-0.25, -0.2) is 0 Å². The Balaban J connectivity index is 1.30. The number of allylic oxidation sites excluding steroid dienone is 5. The van der Waals surface area contributed by atoms with Gasteiger partial charge >= 0.3 is 0 Å². The zero-order valence-electron chi connectivity index (χ0n) is 27.5. The fourth-order valence-corrected chi connectivity index (χ4v) is 7.65. The maximum atomic E-state index is 2.44. The molecule has 0 N–H and O–H groups in total. The van der Waals surface area contributed by atoms with Crippen molar-refractivity contribution in [1.29, 1.82) is 0 Å². The largest absolute Gasteiger partial charge is 0.309 e. The van der Waals surface area contributed by atoms with E-state index in [9.17, 15) is 0 Å². The van der Waals surface area contributed by atoms with Crippen molar-refractivity contribution in [2.24, 2.45) is 0 Å². The lowest BCUT2D eigenvalue weighted by Gasteiger charge is -2.29. The molecule has 0 atom stereocenters. The molecule has 9 rings (SSSR count). The predicted molar refractivity (Wildman–Crippen MR) is 206 cm³/mol. The van der Waals surface area contributed by atoms with Gasteiger partial charge in [-0.1, -0.05) is 117 Å². The molecule has 230 valence electrons. The molecule has 0 radical (unpaired) electrons. The molecule has 0 spiro atoms. The van der Waals surface area contributed by atoms with Crippen molar-refractivity contribution >= 4 is 49.7 Å². The van der Waals surface area contributed by atoms with Gasteiger partial charge in [-0.05, 0) is 95.9 Å². The van der Waals surface area contributed by atoms with Crippen LogP contribution >= 0.6 is 0 Å². The van der Waals surface area contributed by atoms with Crippen molar-refractivity contribution in [2.45, 2.75) is 26.2 Å². The molecule has 2 heteroatoms. The van der Waals surface area contributed by atoms with Crippen LogP contribution < -0.4 is 0 Å². The molecule has 48 heavy (non-hydrogen) atoms. The number of rotatable bonds is 3. The van der Waals surface area contributed by atoms with E-state index < -0.39 is 0 Å². The van der Waals surface area contributed by atoms with Gasteiger partial charge in [0.05, 0.1) is 22.1 Å². The van der Waals surface area contributed by atoms with Gasteiger partial charge < -0.3 is 9.13 Å². The molecule has 0 unspecified atom stereocenters. The van der Waals surface area contributed by atoms with E-state index in [-0.39, 0.29) is 5.41 Å². The molecule has 0 saturated heterocycles. The van der Waals surface area contributed by atoms with Crippen LogP contribution in [0.25, 0.3) is 72.2 Å². The highest BCUT2D eigenvalue weighted by molar-refractivity contribution is 6.13. The number of aromatic nitrogens is 2. The molecule has 0 amide bonds. The fraction of sp³-hybridized carbons (Fsp3) is 0.0870. The molecule has 1 aliphatic rings. The molecule has 6 aromatic carbocycles. The van der Waals surface area contributed by atoms with Gasteiger partial charge in [0, 0.05) is 38.3 Å². The number of hydrogen-bond acceptors (Lipinski definition) is 0. The van der Waals surface area contributed by atoms with Crippen molar-refractivity contribution in [3.05, 3.63) is 174 Å². The van der Waals surface area contributed by atoms with Crippen molar-refractivity contribution < 1.29 is 0 Å². The summed E-state index contributed by atoms with van der Waals surface area (Å²) in [5.41, 5.74) is 13.5. The van der Waals surface area contributed by atoms with Crippen molar-refractivity contribution in [1.82, 2.24) is 9.13 Å². The van der Waals surface area contributed by atoms with Crippen LogP contribution in [0.2, 0.25) is 0 Å². The van der Waals surface area contributed by atoms with Crippen LogP contribution in [0.15, 0.2) is 163 Å². The lowest BCUT2D eigenvalue weighted by Crippen LogP contribution is -2.20. The molecule has 1 aliphatic carbocycles. The summed E-state index contributed by atoms with van der Waals surface area (Å²) in [4.78, 5) is 0. The Morgan fingerprint density at radius 1 is 0.458 bits per heavy atom. The third kappa shape index (κ3) is 4.33. The van der Waals surface area contributed by atoms with E-state index in [2.05, 4.69) is 194 Å². The van der Waals surface area contributed by atoms with Gasteiger partial charge in [-0.3, -0.25) is 0 Å². The molecule has 0 saturated carbocycles. The Bertz CT molecular complexity index is 2620. The maximum absolute atomic E-state index is 2.44. The van der Waals surface area contributed by atoms with Crippen molar-refractivity contribution in [3.63, 3.8) is 0 Å². The monoisotopic (exact) mass is 616 g/mol.